The minimum absolute atomic E-state index is 0.341. The lowest BCUT2D eigenvalue weighted by molar-refractivity contribution is -0.302. The zero-order valence-corrected chi connectivity index (χ0v) is 33.6. The Kier molecular flexibility index (Phi) is 30.4. The van der Waals surface area contributed by atoms with E-state index in [0.29, 0.717) is 6.42 Å². The molecule has 0 aromatic carbocycles. The van der Waals surface area contributed by atoms with Gasteiger partial charge in [-0.1, -0.05) is 159 Å². The first-order chi connectivity index (χ1) is 25.7. The second-order valence-corrected chi connectivity index (χ2v) is 15.1. The number of aliphatic hydroxyl groups is 6. The summed E-state index contributed by atoms with van der Waals surface area (Å²) in [7, 11) is 0. The number of rotatable bonds is 33. The molecule has 1 amide bonds. The number of amides is 1. The predicted octanol–water partition coefficient (Wildman–Crippen LogP) is 7.08. The van der Waals surface area contributed by atoms with E-state index in [9.17, 15) is 35.4 Å². The normalized spacial score (nSPS) is 22.8. The monoisotopic (exact) mass is 754 g/mol. The zero-order valence-electron chi connectivity index (χ0n) is 33.6. The van der Waals surface area contributed by atoms with Crippen molar-refractivity contribution in [2.75, 3.05) is 13.2 Å². The van der Waals surface area contributed by atoms with Crippen molar-refractivity contribution in [1.29, 1.82) is 0 Å². The Bertz CT molecular complexity index is 971. The fourth-order valence-corrected chi connectivity index (χ4v) is 6.57. The summed E-state index contributed by atoms with van der Waals surface area (Å²) in [5, 5.41) is 64.4. The molecule has 8 atom stereocenters. The van der Waals surface area contributed by atoms with Crippen molar-refractivity contribution >= 4 is 5.91 Å². The van der Waals surface area contributed by atoms with Crippen LogP contribution in [0.2, 0.25) is 0 Å². The van der Waals surface area contributed by atoms with Gasteiger partial charge < -0.3 is 45.4 Å². The molecule has 310 valence electrons. The first-order valence-electron chi connectivity index (χ1n) is 21.2. The Morgan fingerprint density at radius 2 is 1.23 bits per heavy atom. The molecule has 0 spiro atoms. The number of aliphatic hydroxyl groups excluding tert-OH is 6. The van der Waals surface area contributed by atoms with Gasteiger partial charge in [0.1, 0.15) is 24.4 Å². The molecule has 1 saturated heterocycles. The molecule has 1 aliphatic rings. The number of unbranched alkanes of at least 4 members (excludes halogenated alkanes) is 19. The molecule has 0 bridgehead atoms. The third-order valence-electron chi connectivity index (χ3n) is 10.2. The van der Waals surface area contributed by atoms with E-state index in [1.165, 1.54) is 121 Å². The highest BCUT2D eigenvalue weighted by Gasteiger charge is 2.44. The van der Waals surface area contributed by atoms with Crippen LogP contribution in [0.15, 0.2) is 36.0 Å². The van der Waals surface area contributed by atoms with Crippen molar-refractivity contribution < 1.29 is 44.9 Å². The quantitative estimate of drug-likeness (QED) is 0.0274. The highest BCUT2D eigenvalue weighted by atomic mass is 16.7. The van der Waals surface area contributed by atoms with E-state index in [2.05, 4.69) is 32.2 Å². The van der Waals surface area contributed by atoms with Gasteiger partial charge in [0, 0.05) is 0 Å². The van der Waals surface area contributed by atoms with Gasteiger partial charge in [0.25, 0.3) is 5.91 Å². The molecular weight excluding hydrogens is 674 g/mol. The van der Waals surface area contributed by atoms with Crippen LogP contribution in [0.1, 0.15) is 168 Å². The van der Waals surface area contributed by atoms with Gasteiger partial charge in [0.2, 0.25) is 0 Å². The first kappa shape index (κ1) is 49.4. The summed E-state index contributed by atoms with van der Waals surface area (Å²) in [5.41, 5.74) is 1.35. The van der Waals surface area contributed by atoms with Crippen molar-refractivity contribution in [2.45, 2.75) is 217 Å². The highest BCUT2D eigenvalue weighted by molar-refractivity contribution is 5.82. The molecule has 10 heteroatoms. The minimum Gasteiger partial charge on any atom is -0.394 e. The molecule has 1 heterocycles. The molecular formula is C43H79NO9. The van der Waals surface area contributed by atoms with Crippen molar-refractivity contribution in [3.05, 3.63) is 36.0 Å². The highest BCUT2D eigenvalue weighted by Crippen LogP contribution is 2.22. The van der Waals surface area contributed by atoms with Crippen molar-refractivity contribution in [2.24, 2.45) is 0 Å². The fraction of sp³-hybridized carbons (Fsp3) is 0.837. The average Bonchev–Trinajstić information content (AvgIpc) is 3.15. The Morgan fingerprint density at radius 3 is 1.79 bits per heavy atom. The molecule has 0 saturated carbocycles. The van der Waals surface area contributed by atoms with Gasteiger partial charge in [-0.05, 0) is 45.4 Å². The molecule has 0 aliphatic carbocycles. The van der Waals surface area contributed by atoms with Crippen LogP contribution < -0.4 is 5.32 Å². The van der Waals surface area contributed by atoms with Crippen LogP contribution in [0, 0.1) is 0 Å². The number of hydrogen-bond donors (Lipinski definition) is 7. The van der Waals surface area contributed by atoms with E-state index in [1.54, 1.807) is 12.2 Å². The summed E-state index contributed by atoms with van der Waals surface area (Å²) in [6.45, 7) is 5.67. The Hall–Kier alpha value is -1.63. The lowest BCUT2D eigenvalue weighted by atomic mass is 9.99. The molecule has 0 aromatic rings. The average molecular weight is 754 g/mol. The molecule has 1 rings (SSSR count). The van der Waals surface area contributed by atoms with E-state index in [1.807, 2.05) is 6.08 Å². The van der Waals surface area contributed by atoms with E-state index in [4.69, 9.17) is 9.47 Å². The summed E-state index contributed by atoms with van der Waals surface area (Å²) in [4.78, 5) is 13.0. The molecule has 53 heavy (non-hydrogen) atoms. The molecule has 7 N–H and O–H groups in total. The van der Waals surface area contributed by atoms with Crippen LogP contribution in [0.4, 0.5) is 0 Å². The van der Waals surface area contributed by atoms with Gasteiger partial charge in [0.15, 0.2) is 12.4 Å². The number of allylic oxidation sites excluding steroid dienone is 4. The smallest absolute Gasteiger partial charge is 0.253 e. The maximum absolute atomic E-state index is 13.0. The molecule has 0 aromatic heterocycles. The van der Waals surface area contributed by atoms with E-state index in [0.717, 1.165) is 32.1 Å². The standard InChI is InChI=1S/C43H79NO9/c1-4-6-8-10-12-13-14-15-16-17-18-20-22-26-31-37(47)42(51)44-35(33-52-43-41(50)40(49)39(48)38(32-45)53-43)36(46)30-27-23-25-29-34(3)28-24-21-19-11-9-7-5-2/h26-27,29-31,35-41,43,45-50H,4-25,28,32-33H2,1-3H3,(H,44,51)/b30-27+,31-26+,34-29+/t35-,36+,37+,38?,39-,40?,41?,43+/m0/s1. The zero-order chi connectivity index (χ0) is 39.1. The maximum Gasteiger partial charge on any atom is 0.253 e. The van der Waals surface area contributed by atoms with Crippen LogP contribution in [0.3, 0.4) is 0 Å². The van der Waals surface area contributed by atoms with Crippen LogP contribution in [0.5, 0.6) is 0 Å². The van der Waals surface area contributed by atoms with E-state index >= 15 is 0 Å². The third kappa shape index (κ3) is 23.8. The molecule has 1 aliphatic heterocycles. The molecule has 1 fully saturated rings. The topological polar surface area (TPSA) is 169 Å². The summed E-state index contributed by atoms with van der Waals surface area (Å²) < 4.78 is 11.1. The third-order valence-corrected chi connectivity index (χ3v) is 10.2. The number of hydrogen-bond acceptors (Lipinski definition) is 9. The van der Waals surface area contributed by atoms with Gasteiger partial charge in [-0.25, -0.2) is 0 Å². The van der Waals surface area contributed by atoms with Gasteiger partial charge in [-0.15, -0.1) is 0 Å². The number of carbonyl (C=O) groups excluding carboxylic acids is 1. The summed E-state index contributed by atoms with van der Waals surface area (Å²) in [6, 6.07) is -1.03. The van der Waals surface area contributed by atoms with Crippen LogP contribution in [0.25, 0.3) is 0 Å². The Morgan fingerprint density at radius 1 is 0.698 bits per heavy atom. The second kappa shape index (κ2) is 32.6. The first-order valence-corrected chi connectivity index (χ1v) is 21.2. The molecule has 10 nitrogen and oxygen atoms in total. The van der Waals surface area contributed by atoms with Gasteiger partial charge in [-0.2, -0.15) is 0 Å². The lowest BCUT2D eigenvalue weighted by Gasteiger charge is -2.40. The SMILES string of the molecule is CCCCCCCCCCCCCC/C=C/[C@@H](O)C(=O)N[C@@H](CO[C@@H]1OC(CO)[C@H](O)C(O)C1O)[C@H](O)/C=C/CC/C=C(\C)CCCCCCCCC. The van der Waals surface area contributed by atoms with E-state index < -0.39 is 61.5 Å². The second-order valence-electron chi connectivity index (χ2n) is 15.1. The number of ether oxygens (including phenoxy) is 2. The summed E-state index contributed by atoms with van der Waals surface area (Å²) in [6.07, 6.45) is 26.3. The van der Waals surface area contributed by atoms with Gasteiger partial charge in [-0.3, -0.25) is 4.79 Å². The van der Waals surface area contributed by atoms with Crippen LogP contribution in [-0.4, -0.2) is 98.7 Å². The predicted molar refractivity (Wildman–Crippen MR) is 213 cm³/mol. The van der Waals surface area contributed by atoms with Gasteiger partial charge in [0.05, 0.1) is 25.4 Å². The summed E-state index contributed by atoms with van der Waals surface area (Å²) in [5.74, 6) is -0.713. The number of nitrogens with one attached hydrogen (secondary N) is 1. The van der Waals surface area contributed by atoms with E-state index in [-0.39, 0.29) is 6.61 Å². The maximum atomic E-state index is 13.0. The number of carbonyl (C=O) groups is 1. The molecule has 3 unspecified atom stereocenters. The Labute approximate surface area is 322 Å². The summed E-state index contributed by atoms with van der Waals surface area (Å²) >= 11 is 0. The lowest BCUT2D eigenvalue weighted by Crippen LogP contribution is -2.60. The van der Waals surface area contributed by atoms with Gasteiger partial charge >= 0.3 is 0 Å². The van der Waals surface area contributed by atoms with Crippen molar-refractivity contribution in [3.63, 3.8) is 0 Å². The van der Waals surface area contributed by atoms with Crippen LogP contribution >= 0.6 is 0 Å². The van der Waals surface area contributed by atoms with Crippen molar-refractivity contribution in [1.82, 2.24) is 5.32 Å². The minimum atomic E-state index is -1.62. The molecule has 0 radical (unpaired) electrons. The van der Waals surface area contributed by atoms with Crippen LogP contribution in [-0.2, 0) is 14.3 Å². The fourth-order valence-electron chi connectivity index (χ4n) is 6.57. The largest absolute Gasteiger partial charge is 0.394 e. The Balaban J connectivity index is 2.59. The van der Waals surface area contributed by atoms with Crippen molar-refractivity contribution in [3.8, 4) is 0 Å².